The molecule has 48 heavy (non-hydrogen) atoms. The molecule has 0 aliphatic carbocycles. The van der Waals surface area contributed by atoms with E-state index in [4.69, 9.17) is 24.8 Å². The lowest BCUT2D eigenvalue weighted by atomic mass is 10.1. The lowest BCUT2D eigenvalue weighted by molar-refractivity contribution is -0.154. The van der Waals surface area contributed by atoms with Crippen molar-refractivity contribution < 1.29 is 42.7 Å². The van der Waals surface area contributed by atoms with Crippen LogP contribution in [0.25, 0.3) is 0 Å². The lowest BCUT2D eigenvalue weighted by Gasteiger charge is -2.20. The van der Waals surface area contributed by atoms with Gasteiger partial charge in [-0.15, -0.1) is 0 Å². The van der Waals surface area contributed by atoms with Crippen molar-refractivity contribution in [3.05, 3.63) is 12.2 Å². The number of carbonyl (C=O) groups excluding carboxylic acids is 1. The average Bonchev–Trinajstić information content (AvgIpc) is 3.06. The molecule has 0 aliphatic rings. The number of rotatable bonds is 37. The molecule has 0 amide bonds. The molecule has 0 saturated carbocycles. The number of aliphatic carboxylic acids is 1. The van der Waals surface area contributed by atoms with Crippen molar-refractivity contribution >= 4 is 19.8 Å². The molecule has 0 saturated heterocycles. The molecular formula is C37H72NO9P. The second-order valence-electron chi connectivity index (χ2n) is 13.1. The molecule has 3 unspecified atom stereocenters. The van der Waals surface area contributed by atoms with Crippen LogP contribution in [0.1, 0.15) is 174 Å². The Morgan fingerprint density at radius 1 is 0.646 bits per heavy atom. The molecule has 3 atom stereocenters. The number of hydrogen-bond acceptors (Lipinski definition) is 8. The van der Waals surface area contributed by atoms with E-state index in [1.807, 2.05) is 0 Å². The molecule has 284 valence electrons. The van der Waals surface area contributed by atoms with Gasteiger partial charge in [0.2, 0.25) is 0 Å². The first-order valence-electron chi connectivity index (χ1n) is 19.2. The van der Waals surface area contributed by atoms with Crippen LogP contribution in [-0.4, -0.2) is 60.5 Å². The zero-order chi connectivity index (χ0) is 35.6. The monoisotopic (exact) mass is 705 g/mol. The second-order valence-corrected chi connectivity index (χ2v) is 14.5. The molecule has 0 aromatic carbocycles. The molecular weight excluding hydrogens is 633 g/mol. The number of esters is 1. The van der Waals surface area contributed by atoms with Crippen molar-refractivity contribution in [2.45, 2.75) is 187 Å². The number of ether oxygens (including phenoxy) is 2. The Morgan fingerprint density at radius 2 is 1.08 bits per heavy atom. The maximum Gasteiger partial charge on any atom is 0.472 e. The molecule has 0 fully saturated rings. The molecule has 0 bridgehead atoms. The van der Waals surface area contributed by atoms with Crippen molar-refractivity contribution in [2.75, 3.05) is 26.4 Å². The fourth-order valence-corrected chi connectivity index (χ4v) is 6.02. The number of allylic oxidation sites excluding steroid dienone is 2. The van der Waals surface area contributed by atoms with Gasteiger partial charge in [0.1, 0.15) is 12.1 Å². The summed E-state index contributed by atoms with van der Waals surface area (Å²) in [5.41, 5.74) is 5.33. The summed E-state index contributed by atoms with van der Waals surface area (Å²) in [6.07, 6.45) is 32.8. The van der Waals surface area contributed by atoms with Crippen LogP contribution in [0, 0.1) is 0 Å². The molecule has 0 radical (unpaired) electrons. The molecule has 4 N–H and O–H groups in total. The Morgan fingerprint density at radius 3 is 1.58 bits per heavy atom. The molecule has 0 aromatic heterocycles. The predicted octanol–water partition coefficient (Wildman–Crippen LogP) is 9.81. The topological polar surface area (TPSA) is 155 Å². The number of phosphoric acid groups is 1. The zero-order valence-electron chi connectivity index (χ0n) is 30.6. The Labute approximate surface area is 292 Å². The van der Waals surface area contributed by atoms with Crippen LogP contribution in [0.5, 0.6) is 0 Å². The highest BCUT2D eigenvalue weighted by Crippen LogP contribution is 2.43. The second kappa shape index (κ2) is 34.2. The van der Waals surface area contributed by atoms with Gasteiger partial charge in [-0.25, -0.2) is 4.57 Å². The van der Waals surface area contributed by atoms with E-state index in [9.17, 15) is 19.0 Å². The standard InChI is InChI=1S/C37H72NO9P/c1-3-5-7-9-11-13-14-15-16-17-18-19-20-21-22-24-26-28-30-44-31-34(32-45-48(42,43)46-33-35(38)37(40)41)47-36(39)29-27-25-23-12-10-8-6-4-2/h15-16,34-35H,3-14,17-33,38H2,1-2H3,(H,40,41)(H,42,43)/b16-15-. The van der Waals surface area contributed by atoms with Crippen LogP contribution in [0.3, 0.4) is 0 Å². The van der Waals surface area contributed by atoms with Crippen molar-refractivity contribution in [1.82, 2.24) is 0 Å². The van der Waals surface area contributed by atoms with Crippen LogP contribution < -0.4 is 5.73 Å². The third-order valence-corrected chi connectivity index (χ3v) is 9.25. The Balaban J connectivity index is 4.18. The number of carbonyl (C=O) groups is 2. The van der Waals surface area contributed by atoms with Gasteiger partial charge in [0.05, 0.1) is 19.8 Å². The van der Waals surface area contributed by atoms with Gasteiger partial charge in [0, 0.05) is 13.0 Å². The van der Waals surface area contributed by atoms with Crippen LogP contribution in [0.15, 0.2) is 12.2 Å². The Kier molecular flexibility index (Phi) is 33.3. The summed E-state index contributed by atoms with van der Waals surface area (Å²) in [5.74, 6) is -1.78. The molecule has 0 heterocycles. The van der Waals surface area contributed by atoms with Crippen molar-refractivity contribution in [3.63, 3.8) is 0 Å². The minimum atomic E-state index is -4.60. The number of unbranched alkanes of at least 4 members (excludes halogenated alkanes) is 21. The highest BCUT2D eigenvalue weighted by atomic mass is 31.2. The van der Waals surface area contributed by atoms with E-state index in [2.05, 4.69) is 30.5 Å². The fourth-order valence-electron chi connectivity index (χ4n) is 5.24. The van der Waals surface area contributed by atoms with E-state index in [1.165, 1.54) is 109 Å². The smallest absolute Gasteiger partial charge is 0.472 e. The Bertz CT molecular complexity index is 827. The fraction of sp³-hybridized carbons (Fsp3) is 0.892. The normalized spacial score (nSPS) is 14.2. The highest BCUT2D eigenvalue weighted by Gasteiger charge is 2.27. The van der Waals surface area contributed by atoms with Gasteiger partial charge in [0.25, 0.3) is 0 Å². The maximum absolute atomic E-state index is 12.5. The van der Waals surface area contributed by atoms with Gasteiger partial charge >= 0.3 is 19.8 Å². The SMILES string of the molecule is CCCCCCCC/C=C\CCCCCCCCCCOCC(COP(=O)(O)OCC(N)C(=O)O)OC(=O)CCCCCCCCCC. The number of carboxylic acid groups (broad SMARTS) is 1. The van der Waals surface area contributed by atoms with Gasteiger partial charge in [-0.05, 0) is 38.5 Å². The number of carboxylic acids is 1. The summed E-state index contributed by atoms with van der Waals surface area (Å²) in [7, 11) is -4.60. The molecule has 10 nitrogen and oxygen atoms in total. The summed E-state index contributed by atoms with van der Waals surface area (Å²) in [6, 6.07) is -1.47. The Hall–Kier alpha value is -1.29. The number of phosphoric ester groups is 1. The average molecular weight is 706 g/mol. The molecule has 0 rings (SSSR count). The maximum atomic E-state index is 12.5. The van der Waals surface area contributed by atoms with Crippen molar-refractivity contribution in [2.24, 2.45) is 5.73 Å². The van der Waals surface area contributed by atoms with Crippen LogP contribution in [0.2, 0.25) is 0 Å². The quantitative estimate of drug-likeness (QED) is 0.0246. The van der Waals surface area contributed by atoms with Gasteiger partial charge in [-0.1, -0.05) is 142 Å². The van der Waals surface area contributed by atoms with Crippen molar-refractivity contribution in [3.8, 4) is 0 Å². The first kappa shape index (κ1) is 46.7. The summed E-state index contributed by atoms with van der Waals surface area (Å²) < 4.78 is 33.1. The lowest BCUT2D eigenvalue weighted by Crippen LogP contribution is -2.34. The van der Waals surface area contributed by atoms with E-state index >= 15 is 0 Å². The van der Waals surface area contributed by atoms with E-state index in [0.29, 0.717) is 13.0 Å². The number of hydrogen-bond donors (Lipinski definition) is 3. The van der Waals surface area contributed by atoms with Crippen LogP contribution in [0.4, 0.5) is 0 Å². The molecule has 0 aliphatic heterocycles. The van der Waals surface area contributed by atoms with Crippen molar-refractivity contribution in [1.29, 1.82) is 0 Å². The minimum absolute atomic E-state index is 0.0191. The highest BCUT2D eigenvalue weighted by molar-refractivity contribution is 7.47. The first-order valence-corrected chi connectivity index (χ1v) is 20.7. The summed E-state index contributed by atoms with van der Waals surface area (Å²) in [6.45, 7) is 3.83. The molecule has 11 heteroatoms. The van der Waals surface area contributed by atoms with Gasteiger partial charge in [0.15, 0.2) is 0 Å². The van der Waals surface area contributed by atoms with E-state index in [-0.39, 0.29) is 13.0 Å². The largest absolute Gasteiger partial charge is 0.480 e. The minimum Gasteiger partial charge on any atom is -0.480 e. The summed E-state index contributed by atoms with van der Waals surface area (Å²) in [5, 5.41) is 8.85. The third kappa shape index (κ3) is 33.2. The predicted molar refractivity (Wildman–Crippen MR) is 194 cm³/mol. The third-order valence-electron chi connectivity index (χ3n) is 8.29. The van der Waals surface area contributed by atoms with Crippen LogP contribution >= 0.6 is 7.82 Å². The van der Waals surface area contributed by atoms with E-state index < -0.39 is 45.1 Å². The van der Waals surface area contributed by atoms with Crippen LogP contribution in [-0.2, 0) is 32.7 Å². The zero-order valence-corrected chi connectivity index (χ0v) is 31.5. The van der Waals surface area contributed by atoms with Gasteiger partial charge < -0.3 is 25.2 Å². The number of nitrogens with two attached hydrogens (primary N) is 1. The van der Waals surface area contributed by atoms with Gasteiger partial charge in [-0.2, -0.15) is 0 Å². The molecule has 0 aromatic rings. The van der Waals surface area contributed by atoms with Gasteiger partial charge in [-0.3, -0.25) is 18.6 Å². The first-order chi connectivity index (χ1) is 23.2. The van der Waals surface area contributed by atoms with E-state index in [0.717, 1.165) is 38.5 Å². The van der Waals surface area contributed by atoms with E-state index in [1.54, 1.807) is 0 Å². The molecule has 0 spiro atoms. The summed E-state index contributed by atoms with van der Waals surface area (Å²) >= 11 is 0. The summed E-state index contributed by atoms with van der Waals surface area (Å²) in [4.78, 5) is 33.2.